The summed E-state index contributed by atoms with van der Waals surface area (Å²) in [4.78, 5) is 9.18. The molecule has 0 aliphatic rings. The van der Waals surface area contributed by atoms with Gasteiger partial charge in [-0.3, -0.25) is 0 Å². The lowest BCUT2D eigenvalue weighted by Gasteiger charge is -2.11. The van der Waals surface area contributed by atoms with Gasteiger partial charge in [0.25, 0.3) is 0 Å². The number of likely N-dealkylation sites (N-methyl/N-ethyl adjacent to an activating group) is 1. The van der Waals surface area contributed by atoms with Gasteiger partial charge in [0.2, 0.25) is 0 Å². The summed E-state index contributed by atoms with van der Waals surface area (Å²) in [5, 5.41) is 3.16. The molecule has 3 heteroatoms. The number of aryl methyl sites for hydroxylation is 2. The number of nitrogens with zero attached hydrogens (tertiary/aromatic N) is 2. The first-order valence-electron chi connectivity index (χ1n) is 6.02. The summed E-state index contributed by atoms with van der Waals surface area (Å²) in [6.45, 7) is 9.55. The molecule has 0 amide bonds. The van der Waals surface area contributed by atoms with E-state index in [0.29, 0.717) is 5.92 Å². The molecule has 3 nitrogen and oxygen atoms in total. The Hall–Kier alpha value is -0.960. The number of nitrogens with one attached hydrogen (secondary N) is 1. The highest BCUT2D eigenvalue weighted by Gasteiger charge is 2.08. The molecular formula is C13H23N3. The summed E-state index contributed by atoms with van der Waals surface area (Å²) in [5.74, 6) is 1.60. The average Bonchev–Trinajstić information content (AvgIpc) is 2.15. The van der Waals surface area contributed by atoms with E-state index in [-0.39, 0.29) is 0 Å². The van der Waals surface area contributed by atoms with Crippen molar-refractivity contribution >= 4 is 0 Å². The number of rotatable bonds is 5. The van der Waals surface area contributed by atoms with Gasteiger partial charge in [0, 0.05) is 17.8 Å². The first-order valence-corrected chi connectivity index (χ1v) is 6.02. The van der Waals surface area contributed by atoms with Crippen LogP contribution in [0.25, 0.3) is 0 Å². The molecule has 1 rings (SSSR count). The lowest BCUT2D eigenvalue weighted by atomic mass is 10.1. The Balaban J connectivity index is 2.89. The van der Waals surface area contributed by atoms with E-state index in [4.69, 9.17) is 0 Å². The predicted octanol–water partition coefficient (Wildman–Crippen LogP) is 2.05. The molecule has 0 aromatic carbocycles. The molecule has 1 N–H and O–H groups in total. The van der Waals surface area contributed by atoms with Crippen LogP contribution in [0.1, 0.15) is 36.6 Å². The molecule has 90 valence electrons. The smallest absolute Gasteiger partial charge is 0.129 e. The Morgan fingerprint density at radius 2 is 1.69 bits per heavy atom. The third kappa shape index (κ3) is 3.56. The van der Waals surface area contributed by atoms with Crippen LogP contribution in [0.2, 0.25) is 0 Å². The van der Waals surface area contributed by atoms with Crippen LogP contribution in [0.5, 0.6) is 0 Å². The van der Waals surface area contributed by atoms with E-state index >= 15 is 0 Å². The number of hydrogen-bond donors (Lipinski definition) is 1. The minimum absolute atomic E-state index is 0.613. The summed E-state index contributed by atoms with van der Waals surface area (Å²) in [6.07, 6.45) is 1.98. The Morgan fingerprint density at radius 1 is 1.12 bits per heavy atom. The predicted molar refractivity (Wildman–Crippen MR) is 67.7 cm³/mol. The number of hydrogen-bond acceptors (Lipinski definition) is 3. The maximum Gasteiger partial charge on any atom is 0.129 e. The van der Waals surface area contributed by atoms with Crippen LogP contribution in [-0.4, -0.2) is 23.6 Å². The second-order valence-corrected chi connectivity index (χ2v) is 4.74. The van der Waals surface area contributed by atoms with Gasteiger partial charge in [0.15, 0.2) is 0 Å². The van der Waals surface area contributed by atoms with Crippen LogP contribution < -0.4 is 5.32 Å². The molecule has 16 heavy (non-hydrogen) atoms. The van der Waals surface area contributed by atoms with Gasteiger partial charge < -0.3 is 5.32 Å². The van der Waals surface area contributed by atoms with Crippen LogP contribution in [0.15, 0.2) is 0 Å². The summed E-state index contributed by atoms with van der Waals surface area (Å²) >= 11 is 0. The van der Waals surface area contributed by atoms with Crippen LogP contribution in [0.4, 0.5) is 0 Å². The van der Waals surface area contributed by atoms with Crippen molar-refractivity contribution in [3.8, 4) is 0 Å². The summed E-state index contributed by atoms with van der Waals surface area (Å²) < 4.78 is 0. The van der Waals surface area contributed by atoms with Gasteiger partial charge in [-0.1, -0.05) is 13.8 Å². The van der Waals surface area contributed by atoms with Gasteiger partial charge in [-0.05, 0) is 45.3 Å². The van der Waals surface area contributed by atoms with Crippen molar-refractivity contribution in [3.05, 3.63) is 22.8 Å². The van der Waals surface area contributed by atoms with Crippen LogP contribution in [0.3, 0.4) is 0 Å². The summed E-state index contributed by atoms with van der Waals surface area (Å²) in [6, 6.07) is 0. The van der Waals surface area contributed by atoms with Crippen LogP contribution >= 0.6 is 0 Å². The zero-order valence-corrected chi connectivity index (χ0v) is 11.1. The highest BCUT2D eigenvalue weighted by Crippen LogP contribution is 2.12. The van der Waals surface area contributed by atoms with Crippen LogP contribution in [-0.2, 0) is 12.8 Å². The van der Waals surface area contributed by atoms with Crippen molar-refractivity contribution in [2.45, 2.75) is 40.5 Å². The lowest BCUT2D eigenvalue weighted by molar-refractivity contribution is 0.614. The van der Waals surface area contributed by atoms with Crippen molar-refractivity contribution in [2.24, 2.45) is 5.92 Å². The van der Waals surface area contributed by atoms with E-state index in [1.165, 1.54) is 5.56 Å². The van der Waals surface area contributed by atoms with E-state index in [2.05, 4.69) is 43.0 Å². The van der Waals surface area contributed by atoms with Gasteiger partial charge in [0.05, 0.1) is 0 Å². The fourth-order valence-electron chi connectivity index (χ4n) is 1.88. The fraction of sp³-hybridized carbons (Fsp3) is 0.692. The van der Waals surface area contributed by atoms with Gasteiger partial charge in [-0.2, -0.15) is 0 Å². The molecule has 0 saturated heterocycles. The first kappa shape index (κ1) is 13.1. The molecule has 0 saturated carbocycles. The van der Waals surface area contributed by atoms with Gasteiger partial charge >= 0.3 is 0 Å². The minimum atomic E-state index is 0.613. The minimum Gasteiger partial charge on any atom is -0.319 e. The number of aromatic nitrogens is 2. The van der Waals surface area contributed by atoms with E-state index in [1.807, 2.05) is 7.05 Å². The molecule has 0 aliphatic carbocycles. The molecule has 0 unspecified atom stereocenters. The normalized spacial score (nSPS) is 11.1. The van der Waals surface area contributed by atoms with E-state index < -0.39 is 0 Å². The quantitative estimate of drug-likeness (QED) is 0.827. The fourth-order valence-corrected chi connectivity index (χ4v) is 1.88. The summed E-state index contributed by atoms with van der Waals surface area (Å²) in [5.41, 5.74) is 3.57. The average molecular weight is 221 g/mol. The second-order valence-electron chi connectivity index (χ2n) is 4.74. The van der Waals surface area contributed by atoms with E-state index in [0.717, 1.165) is 36.6 Å². The van der Waals surface area contributed by atoms with Crippen molar-refractivity contribution < 1.29 is 0 Å². The Bertz CT molecular complexity index is 322. The SMILES string of the molecule is CNCCc1c(C)nc(CC(C)C)nc1C. The Kier molecular flexibility index (Phi) is 4.87. The molecule has 0 aliphatic heterocycles. The third-order valence-corrected chi connectivity index (χ3v) is 2.68. The van der Waals surface area contributed by atoms with Crippen molar-refractivity contribution in [2.75, 3.05) is 13.6 Å². The molecule has 0 radical (unpaired) electrons. The molecule has 0 atom stereocenters. The van der Waals surface area contributed by atoms with Crippen molar-refractivity contribution in [3.63, 3.8) is 0 Å². The summed E-state index contributed by atoms with van der Waals surface area (Å²) in [7, 11) is 1.97. The van der Waals surface area contributed by atoms with Gasteiger partial charge in [-0.15, -0.1) is 0 Å². The standard InChI is InChI=1S/C13H23N3/c1-9(2)8-13-15-10(3)12(6-7-14-5)11(4)16-13/h9,14H,6-8H2,1-5H3. The molecular weight excluding hydrogens is 198 g/mol. The monoisotopic (exact) mass is 221 g/mol. The highest BCUT2D eigenvalue weighted by atomic mass is 14.9. The van der Waals surface area contributed by atoms with Gasteiger partial charge in [0.1, 0.15) is 5.82 Å². The lowest BCUT2D eigenvalue weighted by Crippen LogP contribution is -2.14. The Morgan fingerprint density at radius 3 is 2.12 bits per heavy atom. The van der Waals surface area contributed by atoms with Crippen molar-refractivity contribution in [1.29, 1.82) is 0 Å². The molecule has 1 heterocycles. The molecule has 0 bridgehead atoms. The topological polar surface area (TPSA) is 37.8 Å². The van der Waals surface area contributed by atoms with Crippen LogP contribution in [0, 0.1) is 19.8 Å². The molecule has 0 fully saturated rings. The first-order chi connectivity index (χ1) is 7.54. The van der Waals surface area contributed by atoms with E-state index in [1.54, 1.807) is 0 Å². The van der Waals surface area contributed by atoms with Crippen molar-refractivity contribution in [1.82, 2.24) is 15.3 Å². The largest absolute Gasteiger partial charge is 0.319 e. The molecule has 1 aromatic rings. The second kappa shape index (κ2) is 5.94. The van der Waals surface area contributed by atoms with Gasteiger partial charge in [-0.25, -0.2) is 9.97 Å². The Labute approximate surface area is 98.7 Å². The maximum absolute atomic E-state index is 4.59. The maximum atomic E-state index is 4.59. The highest BCUT2D eigenvalue weighted by molar-refractivity contribution is 5.24. The molecule has 1 aromatic heterocycles. The zero-order valence-electron chi connectivity index (χ0n) is 11.1. The zero-order chi connectivity index (χ0) is 12.1. The third-order valence-electron chi connectivity index (χ3n) is 2.68. The van der Waals surface area contributed by atoms with E-state index in [9.17, 15) is 0 Å². The molecule has 0 spiro atoms.